The molecule has 26 heavy (non-hydrogen) atoms. The van der Waals surface area contributed by atoms with Gasteiger partial charge >= 0.3 is 0 Å². The summed E-state index contributed by atoms with van der Waals surface area (Å²) >= 11 is 1.15. The van der Waals surface area contributed by atoms with Crippen LogP contribution in [0.4, 0.5) is 5.69 Å². The van der Waals surface area contributed by atoms with E-state index in [0.717, 1.165) is 43.5 Å². The summed E-state index contributed by atoms with van der Waals surface area (Å²) in [6, 6.07) is 8.24. The highest BCUT2D eigenvalue weighted by Gasteiger charge is 2.22. The molecule has 1 heterocycles. The number of carbonyl (C=O) groups excluding carboxylic acids is 1. The van der Waals surface area contributed by atoms with Crippen LogP contribution in [-0.2, 0) is 4.79 Å². The maximum Gasteiger partial charge on any atom is 0.258 e. The third kappa shape index (κ3) is 4.37. The zero-order chi connectivity index (χ0) is 18.5. The molecule has 1 aliphatic carbocycles. The van der Waals surface area contributed by atoms with E-state index in [1.165, 1.54) is 0 Å². The Kier molecular flexibility index (Phi) is 5.82. The molecule has 0 bridgehead atoms. The maximum atomic E-state index is 12.3. The van der Waals surface area contributed by atoms with Crippen molar-refractivity contribution < 1.29 is 14.6 Å². The molecule has 1 aromatic carbocycles. The van der Waals surface area contributed by atoms with E-state index in [-0.39, 0.29) is 29.1 Å². The second-order valence-corrected chi connectivity index (χ2v) is 7.05. The second-order valence-electron chi connectivity index (χ2n) is 6.11. The summed E-state index contributed by atoms with van der Waals surface area (Å²) in [4.78, 5) is 28.5. The second kappa shape index (κ2) is 8.27. The molecule has 2 N–H and O–H groups in total. The van der Waals surface area contributed by atoms with Crippen molar-refractivity contribution >= 4 is 23.4 Å². The van der Waals surface area contributed by atoms with Crippen molar-refractivity contribution in [2.75, 3.05) is 18.2 Å². The largest absolute Gasteiger partial charge is 0.497 e. The van der Waals surface area contributed by atoms with Crippen LogP contribution in [0, 0.1) is 0 Å². The molecule has 0 saturated heterocycles. The number of aromatic nitrogens is 2. The molecule has 138 valence electrons. The number of hydrogen-bond donors (Lipinski definition) is 2. The minimum absolute atomic E-state index is 0.0859. The maximum absolute atomic E-state index is 12.3. The zero-order valence-corrected chi connectivity index (χ0v) is 15.3. The van der Waals surface area contributed by atoms with Crippen LogP contribution in [0.25, 0.3) is 0 Å². The van der Waals surface area contributed by atoms with Gasteiger partial charge in [0.05, 0.1) is 18.9 Å². The minimum atomic E-state index is -0.317. The molecule has 3 rings (SSSR count). The van der Waals surface area contributed by atoms with E-state index in [9.17, 15) is 14.7 Å². The first kappa shape index (κ1) is 18.3. The lowest BCUT2D eigenvalue weighted by molar-refractivity contribution is -0.113. The van der Waals surface area contributed by atoms with E-state index < -0.39 is 0 Å². The Balaban J connectivity index is 1.68. The smallest absolute Gasteiger partial charge is 0.258 e. The molecule has 8 heteroatoms. The van der Waals surface area contributed by atoms with Gasteiger partial charge in [-0.1, -0.05) is 24.6 Å². The first-order valence-electron chi connectivity index (χ1n) is 8.46. The van der Waals surface area contributed by atoms with Crippen molar-refractivity contribution in [2.45, 2.75) is 36.9 Å². The lowest BCUT2D eigenvalue weighted by Gasteiger charge is -2.17. The number of anilines is 1. The number of benzene rings is 1. The van der Waals surface area contributed by atoms with Gasteiger partial charge in [-0.15, -0.1) is 0 Å². The number of carbonyl (C=O) groups is 1. The Morgan fingerprint density at radius 3 is 2.69 bits per heavy atom. The molecule has 0 unspecified atom stereocenters. The normalized spacial score (nSPS) is 14.3. The summed E-state index contributed by atoms with van der Waals surface area (Å²) in [5.41, 5.74) is 0.385. The number of thioether (sulfide) groups is 1. The minimum Gasteiger partial charge on any atom is -0.497 e. The van der Waals surface area contributed by atoms with Gasteiger partial charge in [0.15, 0.2) is 5.16 Å². The molecule has 0 radical (unpaired) electrons. The first-order valence-corrected chi connectivity index (χ1v) is 9.44. The molecule has 0 atom stereocenters. The fourth-order valence-corrected chi connectivity index (χ4v) is 3.93. The van der Waals surface area contributed by atoms with Crippen LogP contribution in [0.15, 0.2) is 40.3 Å². The molecule has 1 fully saturated rings. The van der Waals surface area contributed by atoms with E-state index in [0.29, 0.717) is 16.6 Å². The van der Waals surface area contributed by atoms with Gasteiger partial charge in [-0.2, -0.15) is 4.98 Å². The van der Waals surface area contributed by atoms with Gasteiger partial charge < -0.3 is 15.2 Å². The van der Waals surface area contributed by atoms with Gasteiger partial charge in [0.2, 0.25) is 11.8 Å². The van der Waals surface area contributed by atoms with Gasteiger partial charge in [-0.25, -0.2) is 0 Å². The SMILES string of the molecule is COc1ccc(NC(=O)CSc2nc(O)cc(=O)n2C2CCCC2)cc1. The van der Waals surface area contributed by atoms with Crippen LogP contribution in [0.5, 0.6) is 11.6 Å². The van der Waals surface area contributed by atoms with Crippen molar-refractivity contribution in [1.29, 1.82) is 0 Å². The Morgan fingerprint density at radius 2 is 2.04 bits per heavy atom. The summed E-state index contributed by atoms with van der Waals surface area (Å²) in [6.45, 7) is 0. The fourth-order valence-electron chi connectivity index (χ4n) is 3.06. The van der Waals surface area contributed by atoms with Crippen LogP contribution < -0.4 is 15.6 Å². The molecule has 0 spiro atoms. The number of aromatic hydroxyl groups is 1. The van der Waals surface area contributed by atoms with Crippen molar-refractivity contribution in [3.8, 4) is 11.6 Å². The van der Waals surface area contributed by atoms with Crippen LogP contribution in [0.2, 0.25) is 0 Å². The lowest BCUT2D eigenvalue weighted by Crippen LogP contribution is -2.26. The number of methoxy groups -OCH3 is 1. The van der Waals surface area contributed by atoms with Crippen LogP contribution in [0.3, 0.4) is 0 Å². The third-order valence-corrected chi connectivity index (χ3v) is 5.25. The highest BCUT2D eigenvalue weighted by atomic mass is 32.2. The summed E-state index contributed by atoms with van der Waals surface area (Å²) < 4.78 is 6.69. The van der Waals surface area contributed by atoms with E-state index in [2.05, 4.69) is 10.3 Å². The van der Waals surface area contributed by atoms with E-state index >= 15 is 0 Å². The zero-order valence-electron chi connectivity index (χ0n) is 14.5. The molecule has 1 amide bonds. The van der Waals surface area contributed by atoms with Crippen molar-refractivity contribution in [2.24, 2.45) is 0 Å². The van der Waals surface area contributed by atoms with Crippen LogP contribution in [-0.4, -0.2) is 33.4 Å². The van der Waals surface area contributed by atoms with Gasteiger partial charge in [0, 0.05) is 11.7 Å². The number of ether oxygens (including phenoxy) is 1. The number of nitrogens with zero attached hydrogens (tertiary/aromatic N) is 2. The number of rotatable bonds is 6. The fraction of sp³-hybridized carbons (Fsp3) is 0.389. The highest BCUT2D eigenvalue weighted by Crippen LogP contribution is 2.31. The molecular formula is C18H21N3O4S. The Morgan fingerprint density at radius 1 is 1.35 bits per heavy atom. The monoisotopic (exact) mass is 375 g/mol. The number of amides is 1. The predicted octanol–water partition coefficient (Wildman–Crippen LogP) is 2.80. The molecular weight excluding hydrogens is 354 g/mol. The molecule has 7 nitrogen and oxygen atoms in total. The van der Waals surface area contributed by atoms with Crippen molar-refractivity contribution in [3.05, 3.63) is 40.7 Å². The van der Waals surface area contributed by atoms with Crippen molar-refractivity contribution in [3.63, 3.8) is 0 Å². The van der Waals surface area contributed by atoms with Gasteiger partial charge in [-0.3, -0.25) is 14.2 Å². The molecule has 1 saturated carbocycles. The average molecular weight is 375 g/mol. The summed E-state index contributed by atoms with van der Waals surface area (Å²) in [6.07, 6.45) is 3.97. The number of nitrogens with one attached hydrogen (secondary N) is 1. The standard InChI is InChI=1S/C18H21N3O4S/c1-25-14-8-6-12(7-9-14)19-16(23)11-26-18-20-15(22)10-17(24)21(18)13-4-2-3-5-13/h6-10,13,22H,2-5,11H2,1H3,(H,19,23). The van der Waals surface area contributed by atoms with Crippen LogP contribution in [0.1, 0.15) is 31.7 Å². The van der Waals surface area contributed by atoms with Gasteiger partial charge in [0.1, 0.15) is 5.75 Å². The van der Waals surface area contributed by atoms with Gasteiger partial charge in [-0.05, 0) is 37.1 Å². The average Bonchev–Trinajstić information content (AvgIpc) is 3.14. The van der Waals surface area contributed by atoms with Crippen LogP contribution >= 0.6 is 11.8 Å². The molecule has 1 aliphatic rings. The van der Waals surface area contributed by atoms with Gasteiger partial charge in [0.25, 0.3) is 5.56 Å². The topological polar surface area (TPSA) is 93.5 Å². The quantitative estimate of drug-likeness (QED) is 0.596. The Hall–Kier alpha value is -2.48. The molecule has 1 aromatic heterocycles. The first-order chi connectivity index (χ1) is 12.6. The lowest BCUT2D eigenvalue weighted by atomic mass is 10.2. The third-order valence-electron chi connectivity index (χ3n) is 4.30. The summed E-state index contributed by atoms with van der Waals surface area (Å²) in [7, 11) is 1.58. The number of hydrogen-bond acceptors (Lipinski definition) is 6. The van der Waals surface area contributed by atoms with E-state index in [1.807, 2.05) is 0 Å². The Bertz CT molecular complexity index is 829. The van der Waals surface area contributed by atoms with E-state index in [4.69, 9.17) is 4.74 Å². The highest BCUT2D eigenvalue weighted by molar-refractivity contribution is 7.99. The summed E-state index contributed by atoms with van der Waals surface area (Å²) in [5.74, 6) is 0.272. The molecule has 0 aliphatic heterocycles. The predicted molar refractivity (Wildman–Crippen MR) is 100 cm³/mol. The van der Waals surface area contributed by atoms with E-state index in [1.54, 1.807) is 35.9 Å². The summed E-state index contributed by atoms with van der Waals surface area (Å²) in [5, 5.41) is 12.8. The Labute approximate surface area is 155 Å². The van der Waals surface area contributed by atoms with Crippen molar-refractivity contribution in [1.82, 2.24) is 9.55 Å². The molecule has 2 aromatic rings.